The molecule has 0 unspecified atom stereocenters. The van der Waals surface area contributed by atoms with Gasteiger partial charge in [0.05, 0.1) is 5.25 Å². The molecule has 112 valence electrons. The Morgan fingerprint density at radius 1 is 1.11 bits per heavy atom. The van der Waals surface area contributed by atoms with Crippen molar-refractivity contribution < 1.29 is 8.42 Å². The predicted molar refractivity (Wildman–Crippen MR) is 79.5 cm³/mol. The molecular formula is C15H29NO2S. The predicted octanol–water partition coefficient (Wildman–Crippen LogP) is 3.26. The van der Waals surface area contributed by atoms with Gasteiger partial charge in [-0.05, 0) is 56.3 Å². The third-order valence-electron chi connectivity index (χ3n) is 5.32. The van der Waals surface area contributed by atoms with E-state index in [0.29, 0.717) is 10.8 Å². The Morgan fingerprint density at radius 3 is 1.95 bits per heavy atom. The van der Waals surface area contributed by atoms with Crippen molar-refractivity contribution in [2.75, 3.05) is 13.1 Å². The Kier molecular flexibility index (Phi) is 3.81. The molecule has 0 aromatic heterocycles. The summed E-state index contributed by atoms with van der Waals surface area (Å²) in [6.07, 6.45) is 4.72. The zero-order valence-electron chi connectivity index (χ0n) is 13.1. The highest BCUT2D eigenvalue weighted by Crippen LogP contribution is 2.58. The number of nitrogens with zero attached hydrogens (tertiary/aromatic N) is 1. The Bertz CT molecular complexity index is 418. The molecule has 4 heteroatoms. The lowest BCUT2D eigenvalue weighted by molar-refractivity contribution is -0.0453. The highest BCUT2D eigenvalue weighted by Gasteiger charge is 2.50. The van der Waals surface area contributed by atoms with Crippen molar-refractivity contribution in [3.05, 3.63) is 0 Å². The Labute approximate surface area is 118 Å². The van der Waals surface area contributed by atoms with Crippen LogP contribution in [-0.2, 0) is 10.0 Å². The molecule has 2 fully saturated rings. The molecule has 1 aliphatic carbocycles. The van der Waals surface area contributed by atoms with Crippen molar-refractivity contribution in [1.82, 2.24) is 4.31 Å². The largest absolute Gasteiger partial charge is 0.216 e. The van der Waals surface area contributed by atoms with Gasteiger partial charge in [0.25, 0.3) is 0 Å². The highest BCUT2D eigenvalue weighted by molar-refractivity contribution is 7.89. The average molecular weight is 287 g/mol. The SMILES string of the molecule is CC(C)S(=O)(=O)N1CCC2(CC1)CC(C(C)(C)C)C2. The summed E-state index contributed by atoms with van der Waals surface area (Å²) in [5.41, 5.74) is 0.868. The molecule has 0 radical (unpaired) electrons. The Morgan fingerprint density at radius 2 is 1.58 bits per heavy atom. The molecule has 1 saturated heterocycles. The molecule has 0 aromatic carbocycles. The first-order valence-corrected chi connectivity index (χ1v) is 9.06. The summed E-state index contributed by atoms with van der Waals surface area (Å²) in [5, 5.41) is -0.287. The highest BCUT2D eigenvalue weighted by atomic mass is 32.2. The molecule has 3 nitrogen and oxygen atoms in total. The normalized spacial score (nSPS) is 25.8. The lowest BCUT2D eigenvalue weighted by Crippen LogP contribution is -2.52. The first-order valence-electron chi connectivity index (χ1n) is 7.56. The molecule has 1 spiro atoms. The summed E-state index contributed by atoms with van der Waals surface area (Å²) in [5.74, 6) is 0.820. The quantitative estimate of drug-likeness (QED) is 0.781. The zero-order chi connectivity index (χ0) is 14.5. The van der Waals surface area contributed by atoms with Gasteiger partial charge in [-0.15, -0.1) is 0 Å². The van der Waals surface area contributed by atoms with Gasteiger partial charge in [0.1, 0.15) is 0 Å². The van der Waals surface area contributed by atoms with E-state index >= 15 is 0 Å². The summed E-state index contributed by atoms with van der Waals surface area (Å²) in [7, 11) is -3.04. The van der Waals surface area contributed by atoms with Gasteiger partial charge in [-0.3, -0.25) is 0 Å². The molecule has 2 aliphatic rings. The molecule has 0 bridgehead atoms. The van der Waals surface area contributed by atoms with E-state index in [1.54, 1.807) is 18.2 Å². The van der Waals surface area contributed by atoms with Gasteiger partial charge in [0, 0.05) is 13.1 Å². The van der Waals surface area contributed by atoms with Gasteiger partial charge in [0.2, 0.25) is 10.0 Å². The van der Waals surface area contributed by atoms with E-state index in [2.05, 4.69) is 20.8 Å². The lowest BCUT2D eigenvalue weighted by atomic mass is 9.52. The van der Waals surface area contributed by atoms with Crippen LogP contribution < -0.4 is 0 Å². The first-order chi connectivity index (χ1) is 8.57. The van der Waals surface area contributed by atoms with Gasteiger partial charge >= 0.3 is 0 Å². The number of sulfonamides is 1. The van der Waals surface area contributed by atoms with Crippen molar-refractivity contribution in [3.63, 3.8) is 0 Å². The average Bonchev–Trinajstić information content (AvgIpc) is 2.24. The van der Waals surface area contributed by atoms with Gasteiger partial charge in [-0.2, -0.15) is 0 Å². The van der Waals surface area contributed by atoms with Crippen LogP contribution in [0.5, 0.6) is 0 Å². The van der Waals surface area contributed by atoms with Gasteiger partial charge < -0.3 is 0 Å². The van der Waals surface area contributed by atoms with Gasteiger partial charge in [0.15, 0.2) is 0 Å². The molecule has 1 saturated carbocycles. The minimum Gasteiger partial charge on any atom is -0.212 e. The van der Waals surface area contributed by atoms with Crippen molar-refractivity contribution in [2.24, 2.45) is 16.7 Å². The second-order valence-corrected chi connectivity index (χ2v) is 10.5. The van der Waals surface area contributed by atoms with Crippen LogP contribution in [0.1, 0.15) is 60.3 Å². The molecule has 1 aliphatic heterocycles. The van der Waals surface area contributed by atoms with Crippen LogP contribution in [0.4, 0.5) is 0 Å². The number of hydrogen-bond donors (Lipinski definition) is 0. The van der Waals surface area contributed by atoms with Crippen LogP contribution in [0.15, 0.2) is 0 Å². The third kappa shape index (κ3) is 2.85. The smallest absolute Gasteiger partial charge is 0.212 e. The molecule has 2 rings (SSSR count). The maximum absolute atomic E-state index is 12.2. The minimum absolute atomic E-state index is 0.287. The number of hydrogen-bond acceptors (Lipinski definition) is 2. The van der Waals surface area contributed by atoms with Crippen molar-refractivity contribution in [2.45, 2.75) is 65.6 Å². The van der Waals surface area contributed by atoms with Crippen LogP contribution in [0.25, 0.3) is 0 Å². The molecule has 0 aromatic rings. The van der Waals surface area contributed by atoms with E-state index in [0.717, 1.165) is 31.8 Å². The fraction of sp³-hybridized carbons (Fsp3) is 1.00. The maximum atomic E-state index is 12.2. The fourth-order valence-electron chi connectivity index (χ4n) is 3.52. The molecule has 0 amide bonds. The zero-order valence-corrected chi connectivity index (χ0v) is 13.9. The van der Waals surface area contributed by atoms with Crippen molar-refractivity contribution in [1.29, 1.82) is 0 Å². The molecule has 0 N–H and O–H groups in total. The number of rotatable bonds is 2. The monoisotopic (exact) mass is 287 g/mol. The topological polar surface area (TPSA) is 37.4 Å². The van der Waals surface area contributed by atoms with E-state index < -0.39 is 10.0 Å². The van der Waals surface area contributed by atoms with E-state index in [-0.39, 0.29) is 5.25 Å². The van der Waals surface area contributed by atoms with Crippen molar-refractivity contribution in [3.8, 4) is 0 Å². The van der Waals surface area contributed by atoms with Crippen LogP contribution >= 0.6 is 0 Å². The Balaban J connectivity index is 1.92. The Hall–Kier alpha value is -0.0900. The summed E-state index contributed by atoms with van der Waals surface area (Å²) in [6.45, 7) is 12.0. The van der Waals surface area contributed by atoms with Crippen molar-refractivity contribution >= 4 is 10.0 Å². The maximum Gasteiger partial charge on any atom is 0.216 e. The second kappa shape index (κ2) is 4.73. The van der Waals surface area contributed by atoms with Crippen LogP contribution in [0.3, 0.4) is 0 Å². The fourth-order valence-corrected chi connectivity index (χ4v) is 4.81. The van der Waals surface area contributed by atoms with Crippen LogP contribution in [-0.4, -0.2) is 31.1 Å². The summed E-state index contributed by atoms with van der Waals surface area (Å²) in [4.78, 5) is 0. The van der Waals surface area contributed by atoms with E-state index in [1.807, 2.05) is 0 Å². The van der Waals surface area contributed by atoms with Crippen LogP contribution in [0.2, 0.25) is 0 Å². The summed E-state index contributed by atoms with van der Waals surface area (Å²) >= 11 is 0. The first kappa shape index (κ1) is 15.3. The van der Waals surface area contributed by atoms with Gasteiger partial charge in [-0.1, -0.05) is 20.8 Å². The van der Waals surface area contributed by atoms with Crippen LogP contribution in [0, 0.1) is 16.7 Å². The summed E-state index contributed by atoms with van der Waals surface area (Å²) < 4.78 is 26.0. The molecule has 0 atom stereocenters. The van der Waals surface area contributed by atoms with E-state index in [4.69, 9.17) is 0 Å². The van der Waals surface area contributed by atoms with E-state index in [1.165, 1.54) is 12.8 Å². The molecule has 19 heavy (non-hydrogen) atoms. The minimum atomic E-state index is -3.04. The molecule has 1 heterocycles. The summed E-state index contributed by atoms with van der Waals surface area (Å²) in [6, 6.07) is 0. The second-order valence-electron chi connectivity index (χ2n) is 7.96. The lowest BCUT2D eigenvalue weighted by Gasteiger charge is -2.56. The molecular weight excluding hydrogens is 258 g/mol. The third-order valence-corrected chi connectivity index (χ3v) is 7.60. The number of piperidine rings is 1. The van der Waals surface area contributed by atoms with Gasteiger partial charge in [-0.25, -0.2) is 12.7 Å². The standard InChI is InChI=1S/C15H29NO2S/c1-12(2)19(17,18)16-8-6-15(7-9-16)10-13(11-15)14(3,4)5/h12-13H,6-11H2,1-5H3. The van der Waals surface area contributed by atoms with E-state index in [9.17, 15) is 8.42 Å².